The number of hydrogen-bond acceptors (Lipinski definition) is 4. The average Bonchev–Trinajstić information content (AvgIpc) is 2.93. The summed E-state index contributed by atoms with van der Waals surface area (Å²) in [7, 11) is 0. The standard InChI is InChI=1S/C11H9ClN4S/c12-9-3-2-8(17-9)11-14-10-4-1-7(5-13)6-16(10)15-11/h1-4,6H,5,13H2. The highest BCUT2D eigenvalue weighted by Crippen LogP contribution is 2.28. The Hall–Kier alpha value is -1.43. The van der Waals surface area contributed by atoms with Crippen molar-refractivity contribution in [2.45, 2.75) is 6.54 Å². The zero-order valence-corrected chi connectivity index (χ0v) is 10.4. The summed E-state index contributed by atoms with van der Waals surface area (Å²) in [5, 5.41) is 4.41. The molecule has 0 fully saturated rings. The van der Waals surface area contributed by atoms with Gasteiger partial charge in [-0.1, -0.05) is 17.7 Å². The van der Waals surface area contributed by atoms with Crippen LogP contribution in [-0.4, -0.2) is 14.6 Å². The van der Waals surface area contributed by atoms with Crippen molar-refractivity contribution in [2.75, 3.05) is 0 Å². The Morgan fingerprint density at radius 3 is 2.88 bits per heavy atom. The number of aromatic nitrogens is 3. The highest BCUT2D eigenvalue weighted by atomic mass is 35.5. The lowest BCUT2D eigenvalue weighted by atomic mass is 10.3. The summed E-state index contributed by atoms with van der Waals surface area (Å²) < 4.78 is 2.48. The predicted molar refractivity (Wildman–Crippen MR) is 69.2 cm³/mol. The van der Waals surface area contributed by atoms with Gasteiger partial charge in [-0.05, 0) is 23.8 Å². The minimum atomic E-state index is 0.496. The van der Waals surface area contributed by atoms with Gasteiger partial charge in [0.15, 0.2) is 11.5 Å². The Morgan fingerprint density at radius 2 is 2.18 bits per heavy atom. The molecule has 0 aliphatic heterocycles. The van der Waals surface area contributed by atoms with E-state index in [9.17, 15) is 0 Å². The fourth-order valence-electron chi connectivity index (χ4n) is 1.59. The van der Waals surface area contributed by atoms with Crippen LogP contribution in [0.5, 0.6) is 0 Å². The quantitative estimate of drug-likeness (QED) is 0.774. The van der Waals surface area contributed by atoms with E-state index >= 15 is 0 Å². The number of thiophene rings is 1. The van der Waals surface area contributed by atoms with Crippen molar-refractivity contribution in [1.29, 1.82) is 0 Å². The van der Waals surface area contributed by atoms with E-state index < -0.39 is 0 Å². The van der Waals surface area contributed by atoms with Gasteiger partial charge in [0.05, 0.1) is 9.21 Å². The van der Waals surface area contributed by atoms with Crippen molar-refractivity contribution in [2.24, 2.45) is 5.73 Å². The molecule has 3 heterocycles. The fourth-order valence-corrected chi connectivity index (χ4v) is 2.56. The third-order valence-corrected chi connectivity index (χ3v) is 3.65. The molecule has 4 nitrogen and oxygen atoms in total. The lowest BCUT2D eigenvalue weighted by molar-refractivity contribution is 0.931. The third kappa shape index (κ3) is 1.93. The lowest BCUT2D eigenvalue weighted by Crippen LogP contribution is -1.98. The Bertz CT molecular complexity index is 673. The second-order valence-electron chi connectivity index (χ2n) is 3.58. The maximum Gasteiger partial charge on any atom is 0.192 e. The van der Waals surface area contributed by atoms with Crippen LogP contribution < -0.4 is 5.73 Å². The monoisotopic (exact) mass is 264 g/mol. The van der Waals surface area contributed by atoms with Crippen molar-refractivity contribution in [3.8, 4) is 10.7 Å². The van der Waals surface area contributed by atoms with Crippen molar-refractivity contribution in [3.05, 3.63) is 40.4 Å². The van der Waals surface area contributed by atoms with E-state index in [2.05, 4.69) is 10.1 Å². The first-order valence-corrected chi connectivity index (χ1v) is 6.27. The summed E-state index contributed by atoms with van der Waals surface area (Å²) in [6.45, 7) is 0.496. The molecule has 0 aliphatic carbocycles. The molecule has 0 saturated heterocycles. The van der Waals surface area contributed by atoms with E-state index in [1.807, 2.05) is 30.5 Å². The van der Waals surface area contributed by atoms with Crippen molar-refractivity contribution in [1.82, 2.24) is 14.6 Å². The summed E-state index contributed by atoms with van der Waals surface area (Å²) in [6.07, 6.45) is 1.89. The lowest BCUT2D eigenvalue weighted by Gasteiger charge is -1.95. The van der Waals surface area contributed by atoms with Gasteiger partial charge in [-0.25, -0.2) is 9.50 Å². The Kier molecular flexibility index (Phi) is 2.58. The molecule has 0 unspecified atom stereocenters. The Labute approximate surface area is 107 Å². The molecule has 6 heteroatoms. The topological polar surface area (TPSA) is 56.2 Å². The second kappa shape index (κ2) is 4.10. The number of hydrogen-bond donors (Lipinski definition) is 1. The van der Waals surface area contributed by atoms with E-state index in [0.717, 1.165) is 20.4 Å². The first-order chi connectivity index (χ1) is 8.26. The summed E-state index contributed by atoms with van der Waals surface area (Å²) >= 11 is 7.36. The van der Waals surface area contributed by atoms with Crippen molar-refractivity contribution in [3.63, 3.8) is 0 Å². The number of rotatable bonds is 2. The van der Waals surface area contributed by atoms with Gasteiger partial charge in [0.25, 0.3) is 0 Å². The molecule has 0 saturated carbocycles. The SMILES string of the molecule is NCc1ccc2nc(-c3ccc(Cl)s3)nn2c1. The van der Waals surface area contributed by atoms with Crippen LogP contribution in [-0.2, 0) is 6.54 Å². The minimum Gasteiger partial charge on any atom is -0.326 e. The number of fused-ring (bicyclic) bond motifs is 1. The van der Waals surface area contributed by atoms with Crippen molar-refractivity contribution < 1.29 is 0 Å². The maximum absolute atomic E-state index is 5.90. The smallest absolute Gasteiger partial charge is 0.192 e. The molecular weight excluding hydrogens is 256 g/mol. The van der Waals surface area contributed by atoms with E-state index in [4.69, 9.17) is 17.3 Å². The van der Waals surface area contributed by atoms with E-state index in [1.165, 1.54) is 11.3 Å². The Balaban J connectivity index is 2.13. The number of pyridine rings is 1. The van der Waals surface area contributed by atoms with Gasteiger partial charge in [0, 0.05) is 12.7 Å². The number of nitrogens with zero attached hydrogens (tertiary/aromatic N) is 3. The molecule has 86 valence electrons. The van der Waals surface area contributed by atoms with Crippen LogP contribution in [0.1, 0.15) is 5.56 Å². The first kappa shape index (κ1) is 10.7. The minimum absolute atomic E-state index is 0.496. The molecule has 0 amide bonds. The molecule has 0 aromatic carbocycles. The van der Waals surface area contributed by atoms with Gasteiger partial charge >= 0.3 is 0 Å². The molecule has 0 bridgehead atoms. The highest BCUT2D eigenvalue weighted by molar-refractivity contribution is 7.19. The largest absolute Gasteiger partial charge is 0.326 e. The molecule has 0 spiro atoms. The van der Waals surface area contributed by atoms with E-state index in [0.29, 0.717) is 12.4 Å². The van der Waals surface area contributed by atoms with E-state index in [-0.39, 0.29) is 0 Å². The van der Waals surface area contributed by atoms with Crippen LogP contribution in [0.2, 0.25) is 4.34 Å². The normalized spacial score (nSPS) is 11.2. The number of halogens is 1. The van der Waals surface area contributed by atoms with Gasteiger partial charge < -0.3 is 5.73 Å². The maximum atomic E-state index is 5.90. The molecule has 3 aromatic heterocycles. The second-order valence-corrected chi connectivity index (χ2v) is 5.30. The van der Waals surface area contributed by atoms with Gasteiger partial charge in [-0.2, -0.15) is 0 Å². The van der Waals surface area contributed by atoms with Crippen LogP contribution in [0.3, 0.4) is 0 Å². The molecule has 0 aliphatic rings. The molecule has 2 N–H and O–H groups in total. The summed E-state index contributed by atoms with van der Waals surface area (Å²) in [5.74, 6) is 0.691. The molecular formula is C11H9ClN4S. The molecule has 3 rings (SSSR count). The predicted octanol–water partition coefficient (Wildman–Crippen LogP) is 2.57. The van der Waals surface area contributed by atoms with E-state index in [1.54, 1.807) is 4.52 Å². The molecule has 17 heavy (non-hydrogen) atoms. The zero-order chi connectivity index (χ0) is 11.8. The van der Waals surface area contributed by atoms with Crippen LogP contribution in [0.25, 0.3) is 16.3 Å². The van der Waals surface area contributed by atoms with Gasteiger partial charge in [-0.15, -0.1) is 16.4 Å². The van der Waals surface area contributed by atoms with Crippen LogP contribution >= 0.6 is 22.9 Å². The van der Waals surface area contributed by atoms with Gasteiger partial charge in [0.1, 0.15) is 0 Å². The van der Waals surface area contributed by atoms with Gasteiger partial charge in [0.2, 0.25) is 0 Å². The third-order valence-electron chi connectivity index (χ3n) is 2.42. The van der Waals surface area contributed by atoms with Gasteiger partial charge in [-0.3, -0.25) is 0 Å². The molecule has 0 radical (unpaired) electrons. The first-order valence-electron chi connectivity index (χ1n) is 5.07. The fraction of sp³-hybridized carbons (Fsp3) is 0.0909. The molecule has 0 atom stereocenters. The van der Waals surface area contributed by atoms with Crippen LogP contribution in [0.4, 0.5) is 0 Å². The average molecular weight is 265 g/mol. The zero-order valence-electron chi connectivity index (χ0n) is 8.80. The summed E-state index contributed by atoms with van der Waals surface area (Å²) in [6, 6.07) is 7.63. The summed E-state index contributed by atoms with van der Waals surface area (Å²) in [4.78, 5) is 5.40. The summed E-state index contributed by atoms with van der Waals surface area (Å²) in [5.41, 5.74) is 7.42. The van der Waals surface area contributed by atoms with Crippen LogP contribution in [0.15, 0.2) is 30.5 Å². The highest BCUT2D eigenvalue weighted by Gasteiger charge is 2.08. The Morgan fingerprint density at radius 1 is 1.29 bits per heavy atom. The number of nitrogens with two attached hydrogens (primary N) is 1. The van der Waals surface area contributed by atoms with Crippen molar-refractivity contribution >= 4 is 28.6 Å². The van der Waals surface area contributed by atoms with Crippen LogP contribution in [0, 0.1) is 0 Å². The molecule has 3 aromatic rings.